The average Bonchev–Trinajstić information content (AvgIpc) is 2.07. The van der Waals surface area contributed by atoms with Crippen molar-refractivity contribution in [2.45, 2.75) is 18.9 Å². The summed E-state index contributed by atoms with van der Waals surface area (Å²) >= 11 is 0. The molecule has 0 aromatic carbocycles. The molecule has 1 saturated heterocycles. The van der Waals surface area contributed by atoms with E-state index in [-0.39, 0.29) is 0 Å². The van der Waals surface area contributed by atoms with Crippen LogP contribution in [0.4, 0.5) is 0 Å². The summed E-state index contributed by atoms with van der Waals surface area (Å²) in [6.07, 6.45) is 3.58. The zero-order valence-electron chi connectivity index (χ0n) is 6.53. The minimum Gasteiger partial charge on any atom is -0.322 e. The van der Waals surface area contributed by atoms with Crippen molar-refractivity contribution >= 4 is 6.34 Å². The van der Waals surface area contributed by atoms with E-state index in [4.69, 9.17) is 11.7 Å². The summed E-state index contributed by atoms with van der Waals surface area (Å²) < 4.78 is 0. The maximum Gasteiger partial charge on any atom is 0.125 e. The highest BCUT2D eigenvalue weighted by atomic mass is 15.4. The number of rotatable bonds is 2. The molecule has 0 spiro atoms. The molecule has 0 aromatic heterocycles. The van der Waals surface area contributed by atoms with Gasteiger partial charge in [-0.15, -0.1) is 0 Å². The van der Waals surface area contributed by atoms with Gasteiger partial charge >= 0.3 is 0 Å². The van der Waals surface area contributed by atoms with E-state index < -0.39 is 0 Å². The van der Waals surface area contributed by atoms with E-state index >= 15 is 0 Å². The Morgan fingerprint density at radius 2 is 2.09 bits per heavy atom. The first-order valence-corrected chi connectivity index (χ1v) is 3.81. The average molecular weight is 157 g/mol. The molecule has 1 fully saturated rings. The SMILES string of the molecule is N/N=C\N(N)C1CCNCC1. The Bertz CT molecular complexity index is 129. The third-order valence-corrected chi connectivity index (χ3v) is 1.93. The van der Waals surface area contributed by atoms with E-state index in [0.29, 0.717) is 6.04 Å². The maximum atomic E-state index is 5.64. The molecule has 5 nitrogen and oxygen atoms in total. The second-order valence-corrected chi connectivity index (χ2v) is 2.69. The first kappa shape index (κ1) is 8.29. The smallest absolute Gasteiger partial charge is 0.125 e. The predicted octanol–water partition coefficient (Wildman–Crippen LogP) is -1.18. The normalized spacial score (nSPS) is 20.8. The van der Waals surface area contributed by atoms with Gasteiger partial charge in [0.1, 0.15) is 6.34 Å². The van der Waals surface area contributed by atoms with E-state index in [1.54, 1.807) is 5.01 Å². The lowest BCUT2D eigenvalue weighted by Gasteiger charge is -2.28. The highest BCUT2D eigenvalue weighted by Gasteiger charge is 2.15. The van der Waals surface area contributed by atoms with Crippen LogP contribution in [0.25, 0.3) is 0 Å². The molecule has 0 bridgehead atoms. The number of nitrogens with two attached hydrogens (primary N) is 2. The van der Waals surface area contributed by atoms with Gasteiger partial charge in [0.15, 0.2) is 0 Å². The molecule has 0 radical (unpaired) electrons. The number of hydrazone groups is 1. The summed E-state index contributed by atoms with van der Waals surface area (Å²) in [6, 6.07) is 0.392. The fraction of sp³-hybridized carbons (Fsp3) is 0.833. The van der Waals surface area contributed by atoms with Crippen LogP contribution in [0.5, 0.6) is 0 Å². The Kier molecular flexibility index (Phi) is 3.13. The van der Waals surface area contributed by atoms with Crippen molar-refractivity contribution in [3.8, 4) is 0 Å². The van der Waals surface area contributed by atoms with Crippen molar-refractivity contribution in [2.75, 3.05) is 13.1 Å². The highest BCUT2D eigenvalue weighted by Crippen LogP contribution is 2.05. The van der Waals surface area contributed by atoms with Gasteiger partial charge in [-0.05, 0) is 25.9 Å². The van der Waals surface area contributed by atoms with Gasteiger partial charge in [0.05, 0.1) is 0 Å². The minimum atomic E-state index is 0.392. The summed E-state index contributed by atoms with van der Waals surface area (Å²) in [5.74, 6) is 10.6. The molecule has 0 aromatic rings. The number of hydrogen-bond donors (Lipinski definition) is 3. The van der Waals surface area contributed by atoms with Crippen molar-refractivity contribution in [3.63, 3.8) is 0 Å². The third-order valence-electron chi connectivity index (χ3n) is 1.93. The Labute approximate surface area is 66.4 Å². The zero-order chi connectivity index (χ0) is 8.10. The Balaban J connectivity index is 2.32. The van der Waals surface area contributed by atoms with E-state index in [9.17, 15) is 0 Å². The lowest BCUT2D eigenvalue weighted by atomic mass is 10.1. The standard InChI is InChI=1S/C6H15N5/c7-10-5-11(8)6-1-3-9-4-2-6/h5-6,9H,1-4,7-8H2/b10-5-. The van der Waals surface area contributed by atoms with Gasteiger partial charge in [-0.2, -0.15) is 5.10 Å². The second kappa shape index (κ2) is 4.15. The Morgan fingerprint density at radius 1 is 1.45 bits per heavy atom. The van der Waals surface area contributed by atoms with Crippen molar-refractivity contribution < 1.29 is 0 Å². The number of hydrazine groups is 1. The van der Waals surface area contributed by atoms with Crippen LogP contribution < -0.4 is 17.0 Å². The van der Waals surface area contributed by atoms with Crippen LogP contribution in [0.1, 0.15) is 12.8 Å². The van der Waals surface area contributed by atoms with Crippen LogP contribution in [-0.4, -0.2) is 30.5 Å². The number of piperidine rings is 1. The van der Waals surface area contributed by atoms with Gasteiger partial charge < -0.3 is 11.2 Å². The summed E-state index contributed by atoms with van der Waals surface area (Å²) in [5, 5.41) is 8.20. The van der Waals surface area contributed by atoms with Crippen LogP contribution >= 0.6 is 0 Å². The van der Waals surface area contributed by atoms with Gasteiger partial charge in [-0.25, -0.2) is 5.84 Å². The quantitative estimate of drug-likeness (QED) is 0.204. The largest absolute Gasteiger partial charge is 0.322 e. The summed E-state index contributed by atoms with van der Waals surface area (Å²) in [6.45, 7) is 2.05. The van der Waals surface area contributed by atoms with Crippen LogP contribution in [-0.2, 0) is 0 Å². The van der Waals surface area contributed by atoms with E-state index in [1.165, 1.54) is 6.34 Å². The van der Waals surface area contributed by atoms with Crippen LogP contribution in [0, 0.1) is 0 Å². The molecular weight excluding hydrogens is 142 g/mol. The molecule has 11 heavy (non-hydrogen) atoms. The molecular formula is C6H15N5. The molecule has 1 rings (SSSR count). The number of nitrogens with one attached hydrogen (secondary N) is 1. The molecule has 0 aliphatic carbocycles. The number of hydrogen-bond acceptors (Lipinski definition) is 4. The topological polar surface area (TPSA) is 79.7 Å². The van der Waals surface area contributed by atoms with Crippen molar-refractivity contribution in [1.29, 1.82) is 0 Å². The molecule has 0 atom stereocenters. The molecule has 0 amide bonds. The first-order chi connectivity index (χ1) is 5.34. The second-order valence-electron chi connectivity index (χ2n) is 2.69. The summed E-state index contributed by atoms with van der Waals surface area (Å²) in [4.78, 5) is 0. The van der Waals surface area contributed by atoms with Gasteiger partial charge in [0.2, 0.25) is 0 Å². The van der Waals surface area contributed by atoms with Gasteiger partial charge in [-0.3, -0.25) is 5.01 Å². The fourth-order valence-corrected chi connectivity index (χ4v) is 1.28. The zero-order valence-corrected chi connectivity index (χ0v) is 6.53. The molecule has 5 N–H and O–H groups in total. The monoisotopic (exact) mass is 157 g/mol. The fourth-order valence-electron chi connectivity index (χ4n) is 1.28. The Morgan fingerprint density at radius 3 is 2.64 bits per heavy atom. The van der Waals surface area contributed by atoms with E-state index in [0.717, 1.165) is 25.9 Å². The summed E-state index contributed by atoms with van der Waals surface area (Å²) in [5.41, 5.74) is 0. The van der Waals surface area contributed by atoms with Crippen LogP contribution in [0.15, 0.2) is 5.10 Å². The van der Waals surface area contributed by atoms with E-state index in [2.05, 4.69) is 10.4 Å². The first-order valence-electron chi connectivity index (χ1n) is 3.81. The molecule has 0 saturated carbocycles. The van der Waals surface area contributed by atoms with Gasteiger partial charge in [-0.1, -0.05) is 0 Å². The van der Waals surface area contributed by atoms with E-state index in [1.807, 2.05) is 0 Å². The molecule has 1 aliphatic rings. The van der Waals surface area contributed by atoms with Crippen molar-refractivity contribution in [3.05, 3.63) is 0 Å². The Hall–Kier alpha value is -0.810. The summed E-state index contributed by atoms with van der Waals surface area (Å²) in [7, 11) is 0. The lowest BCUT2D eigenvalue weighted by molar-refractivity contribution is 0.264. The molecule has 1 aliphatic heterocycles. The van der Waals surface area contributed by atoms with Crippen molar-refractivity contribution in [1.82, 2.24) is 10.3 Å². The van der Waals surface area contributed by atoms with Crippen LogP contribution in [0.3, 0.4) is 0 Å². The van der Waals surface area contributed by atoms with Crippen LogP contribution in [0.2, 0.25) is 0 Å². The number of nitrogens with zero attached hydrogens (tertiary/aromatic N) is 2. The van der Waals surface area contributed by atoms with Crippen molar-refractivity contribution in [2.24, 2.45) is 16.8 Å². The predicted molar refractivity (Wildman–Crippen MR) is 44.6 cm³/mol. The molecule has 5 heteroatoms. The minimum absolute atomic E-state index is 0.392. The van der Waals surface area contributed by atoms with Gasteiger partial charge in [0, 0.05) is 6.04 Å². The maximum absolute atomic E-state index is 5.64. The lowest BCUT2D eigenvalue weighted by Crippen LogP contribution is -2.46. The molecule has 0 unspecified atom stereocenters. The van der Waals surface area contributed by atoms with Gasteiger partial charge in [0.25, 0.3) is 0 Å². The third kappa shape index (κ3) is 2.36. The molecule has 64 valence electrons. The molecule has 1 heterocycles. The highest BCUT2D eigenvalue weighted by molar-refractivity contribution is 5.53.